The fraction of sp³-hybridized carbons (Fsp3) is 0.400. The first-order valence-corrected chi connectivity index (χ1v) is 7.18. The molecule has 1 aliphatic heterocycles. The van der Waals surface area contributed by atoms with E-state index in [2.05, 4.69) is 4.98 Å². The lowest BCUT2D eigenvalue weighted by Crippen LogP contribution is -2.30. The molecule has 8 heteroatoms. The number of urea groups is 1. The lowest BCUT2D eigenvalue weighted by molar-refractivity contribution is -0.123. The van der Waals surface area contributed by atoms with Crippen molar-refractivity contribution in [2.24, 2.45) is 0 Å². The maximum Gasteiger partial charge on any atom is 0.331 e. The van der Waals surface area contributed by atoms with E-state index in [9.17, 15) is 18.4 Å². The van der Waals surface area contributed by atoms with Crippen molar-refractivity contribution in [1.29, 1.82) is 0 Å². The van der Waals surface area contributed by atoms with Gasteiger partial charge in [0.25, 0.3) is 6.43 Å². The number of fused-ring (bicyclic) bond motifs is 1. The molecule has 0 bridgehead atoms. The van der Waals surface area contributed by atoms with Crippen molar-refractivity contribution in [3.8, 4) is 0 Å². The van der Waals surface area contributed by atoms with Gasteiger partial charge in [-0.1, -0.05) is 13.8 Å². The van der Waals surface area contributed by atoms with Crippen molar-refractivity contribution in [3.05, 3.63) is 29.7 Å². The van der Waals surface area contributed by atoms with E-state index in [-0.39, 0.29) is 29.6 Å². The number of pyridine rings is 1. The Hall–Kier alpha value is -2.51. The number of aromatic nitrogens is 2. The van der Waals surface area contributed by atoms with Crippen LogP contribution in [0.25, 0.3) is 5.65 Å². The van der Waals surface area contributed by atoms with Gasteiger partial charge in [0, 0.05) is 25.0 Å². The first-order chi connectivity index (χ1) is 10.8. The van der Waals surface area contributed by atoms with Gasteiger partial charge in [0.15, 0.2) is 5.65 Å². The number of anilines is 1. The Balaban J connectivity index is 2.21. The monoisotopic (exact) mass is 322 g/mol. The molecule has 0 aliphatic carbocycles. The number of imidazole rings is 1. The lowest BCUT2D eigenvalue weighted by atomic mass is 10.2. The highest BCUT2D eigenvalue weighted by atomic mass is 19.3. The molecule has 1 fully saturated rings. The molecule has 1 aliphatic rings. The number of alkyl halides is 2. The zero-order chi connectivity index (χ0) is 16.9. The van der Waals surface area contributed by atoms with Gasteiger partial charge >= 0.3 is 6.03 Å². The summed E-state index contributed by atoms with van der Waals surface area (Å²) < 4.78 is 27.8. The highest BCUT2D eigenvalue weighted by Crippen LogP contribution is 2.31. The summed E-state index contributed by atoms with van der Waals surface area (Å²) in [7, 11) is 1.37. The number of carbonyl (C=O) groups is 2. The summed E-state index contributed by atoms with van der Waals surface area (Å²) >= 11 is 0. The standard InChI is InChI=1S/C15H16F2N4O2/c1-8(2)10-6-20-5-9(13(16)17)4-11(14(20)18-10)21-7-12(22)19(3)15(21)23/h4-6,8,13H,7H2,1-3H3. The van der Waals surface area contributed by atoms with Crippen molar-refractivity contribution in [1.82, 2.24) is 14.3 Å². The second kappa shape index (κ2) is 5.29. The second-order valence-corrected chi connectivity index (χ2v) is 5.83. The number of hydrogen-bond acceptors (Lipinski definition) is 3. The van der Waals surface area contributed by atoms with Gasteiger partial charge < -0.3 is 4.40 Å². The second-order valence-electron chi connectivity index (χ2n) is 5.83. The maximum absolute atomic E-state index is 13.2. The van der Waals surface area contributed by atoms with Crippen LogP contribution < -0.4 is 4.90 Å². The van der Waals surface area contributed by atoms with Crippen LogP contribution in [0.3, 0.4) is 0 Å². The number of hydrogen-bond donors (Lipinski definition) is 0. The van der Waals surface area contributed by atoms with E-state index < -0.39 is 12.5 Å². The number of amides is 3. The first kappa shape index (κ1) is 15.4. The molecule has 0 unspecified atom stereocenters. The molecule has 122 valence electrons. The highest BCUT2D eigenvalue weighted by molar-refractivity contribution is 6.13. The van der Waals surface area contributed by atoms with Crippen molar-refractivity contribution >= 4 is 23.3 Å². The summed E-state index contributed by atoms with van der Waals surface area (Å²) in [6.45, 7) is 3.70. The molecule has 3 rings (SSSR count). The normalized spacial score (nSPS) is 15.8. The average Bonchev–Trinajstić information content (AvgIpc) is 3.03. The Labute approximate surface area is 131 Å². The largest absolute Gasteiger partial charge is 0.331 e. The summed E-state index contributed by atoms with van der Waals surface area (Å²) in [6.07, 6.45) is 0.282. The van der Waals surface area contributed by atoms with Crippen molar-refractivity contribution in [2.45, 2.75) is 26.2 Å². The Morgan fingerprint density at radius 1 is 1.22 bits per heavy atom. The van der Waals surface area contributed by atoms with Gasteiger partial charge in [-0.25, -0.2) is 18.6 Å². The quantitative estimate of drug-likeness (QED) is 0.817. The fourth-order valence-electron chi connectivity index (χ4n) is 2.50. The van der Waals surface area contributed by atoms with Gasteiger partial charge in [-0.3, -0.25) is 14.6 Å². The summed E-state index contributed by atoms with van der Waals surface area (Å²) in [4.78, 5) is 30.5. The molecule has 0 radical (unpaired) electrons. The van der Waals surface area contributed by atoms with E-state index in [4.69, 9.17) is 0 Å². The Bertz CT molecular complexity index is 800. The van der Waals surface area contributed by atoms with Crippen LogP contribution in [-0.4, -0.2) is 39.8 Å². The highest BCUT2D eigenvalue weighted by Gasteiger charge is 2.36. The fourth-order valence-corrected chi connectivity index (χ4v) is 2.50. The van der Waals surface area contributed by atoms with Crippen LogP contribution in [0.4, 0.5) is 19.3 Å². The lowest BCUT2D eigenvalue weighted by Gasteiger charge is -2.17. The smallest absolute Gasteiger partial charge is 0.305 e. The zero-order valence-electron chi connectivity index (χ0n) is 13.0. The van der Waals surface area contributed by atoms with E-state index in [0.717, 1.165) is 10.6 Å². The minimum Gasteiger partial charge on any atom is -0.305 e. The van der Waals surface area contributed by atoms with Gasteiger partial charge in [-0.15, -0.1) is 0 Å². The SMILES string of the molecule is CC(C)c1cn2cc(C(F)F)cc(N3CC(=O)N(C)C3=O)c2n1. The molecule has 6 nitrogen and oxygen atoms in total. The predicted octanol–water partition coefficient (Wildman–Crippen LogP) is 2.79. The van der Waals surface area contributed by atoms with Gasteiger partial charge in [0.05, 0.1) is 11.4 Å². The van der Waals surface area contributed by atoms with Crippen LogP contribution >= 0.6 is 0 Å². The number of imide groups is 1. The Morgan fingerprint density at radius 2 is 1.91 bits per heavy atom. The first-order valence-electron chi connectivity index (χ1n) is 7.18. The molecule has 2 aromatic rings. The Kier molecular flexibility index (Phi) is 3.54. The minimum atomic E-state index is -2.69. The summed E-state index contributed by atoms with van der Waals surface area (Å²) in [5.74, 6) is -0.275. The van der Waals surface area contributed by atoms with Crippen LogP contribution in [0.1, 0.15) is 37.4 Å². The zero-order valence-corrected chi connectivity index (χ0v) is 13.0. The summed E-state index contributed by atoms with van der Waals surface area (Å²) in [5.41, 5.74) is 1.10. The molecular weight excluding hydrogens is 306 g/mol. The maximum atomic E-state index is 13.2. The molecule has 2 aromatic heterocycles. The molecule has 1 saturated heterocycles. The third kappa shape index (κ3) is 2.43. The Morgan fingerprint density at radius 3 is 2.43 bits per heavy atom. The molecule has 3 amide bonds. The minimum absolute atomic E-state index is 0.108. The van der Waals surface area contributed by atoms with Gasteiger partial charge in [0.1, 0.15) is 6.54 Å². The number of rotatable bonds is 3. The molecule has 0 spiro atoms. The van der Waals surface area contributed by atoms with Crippen LogP contribution in [0.15, 0.2) is 18.5 Å². The third-order valence-corrected chi connectivity index (χ3v) is 3.89. The molecule has 0 atom stereocenters. The topological polar surface area (TPSA) is 57.9 Å². The van der Waals surface area contributed by atoms with Crippen molar-refractivity contribution in [3.63, 3.8) is 0 Å². The van der Waals surface area contributed by atoms with E-state index in [0.29, 0.717) is 5.65 Å². The average molecular weight is 322 g/mol. The van der Waals surface area contributed by atoms with Gasteiger partial charge in [0.2, 0.25) is 5.91 Å². The number of nitrogens with zero attached hydrogens (tertiary/aromatic N) is 4. The van der Waals surface area contributed by atoms with Crippen LogP contribution in [-0.2, 0) is 4.79 Å². The van der Waals surface area contributed by atoms with E-state index in [1.807, 2.05) is 13.8 Å². The van der Waals surface area contributed by atoms with Crippen molar-refractivity contribution < 1.29 is 18.4 Å². The number of likely N-dealkylation sites (N-methyl/N-ethyl adjacent to an activating group) is 1. The molecule has 3 heterocycles. The van der Waals surface area contributed by atoms with Crippen molar-refractivity contribution in [2.75, 3.05) is 18.5 Å². The van der Waals surface area contributed by atoms with E-state index in [1.165, 1.54) is 28.6 Å². The molecule has 23 heavy (non-hydrogen) atoms. The van der Waals surface area contributed by atoms with Crippen LogP contribution in [0.2, 0.25) is 0 Å². The van der Waals surface area contributed by atoms with Crippen LogP contribution in [0.5, 0.6) is 0 Å². The van der Waals surface area contributed by atoms with E-state index >= 15 is 0 Å². The molecular formula is C15H16F2N4O2. The van der Waals surface area contributed by atoms with E-state index in [1.54, 1.807) is 6.20 Å². The third-order valence-electron chi connectivity index (χ3n) is 3.89. The number of carbonyl (C=O) groups excluding carboxylic acids is 2. The molecule has 0 saturated carbocycles. The molecule has 0 aromatic carbocycles. The van der Waals surface area contributed by atoms with Gasteiger partial charge in [-0.05, 0) is 12.0 Å². The predicted molar refractivity (Wildman–Crippen MR) is 79.8 cm³/mol. The van der Waals surface area contributed by atoms with Crippen LogP contribution in [0, 0.1) is 0 Å². The number of halogens is 2. The summed E-state index contributed by atoms with van der Waals surface area (Å²) in [5, 5.41) is 0. The molecule has 0 N–H and O–H groups in total. The summed E-state index contributed by atoms with van der Waals surface area (Å²) in [6, 6.07) is 0.680. The van der Waals surface area contributed by atoms with Gasteiger partial charge in [-0.2, -0.15) is 0 Å².